The second-order valence-electron chi connectivity index (χ2n) is 4.77. The Morgan fingerprint density at radius 3 is 3.12 bits per heavy atom. The smallest absolute Gasteiger partial charge is 0.141 e. The van der Waals surface area contributed by atoms with E-state index in [-0.39, 0.29) is 6.17 Å². The minimum Gasteiger partial charge on any atom is -0.312 e. The van der Waals surface area contributed by atoms with Crippen LogP contribution in [0.3, 0.4) is 0 Å². The summed E-state index contributed by atoms with van der Waals surface area (Å²) < 4.78 is 2.19. The summed E-state index contributed by atoms with van der Waals surface area (Å²) in [5, 5.41) is 0. The molecule has 1 aromatic heterocycles. The largest absolute Gasteiger partial charge is 0.312 e. The van der Waals surface area contributed by atoms with Crippen molar-refractivity contribution in [3.05, 3.63) is 41.7 Å². The summed E-state index contributed by atoms with van der Waals surface area (Å²) in [6.45, 7) is 2.10. The zero-order valence-corrected chi connectivity index (χ0v) is 10.1. The van der Waals surface area contributed by atoms with Crippen LogP contribution in [0, 0.1) is 6.92 Å². The van der Waals surface area contributed by atoms with Crippen molar-refractivity contribution in [3.63, 3.8) is 0 Å². The van der Waals surface area contributed by atoms with E-state index < -0.39 is 0 Å². The van der Waals surface area contributed by atoms with Gasteiger partial charge in [-0.3, -0.25) is 0 Å². The van der Waals surface area contributed by atoms with Crippen LogP contribution in [0.25, 0.3) is 11.4 Å². The van der Waals surface area contributed by atoms with E-state index in [1.807, 2.05) is 6.20 Å². The van der Waals surface area contributed by atoms with Crippen LogP contribution in [-0.2, 0) is 6.42 Å². The zero-order chi connectivity index (χ0) is 11.8. The number of hydrogen-bond acceptors (Lipinski definition) is 2. The van der Waals surface area contributed by atoms with Crippen LogP contribution in [0.5, 0.6) is 0 Å². The molecule has 0 spiro atoms. The molecule has 1 unspecified atom stereocenters. The third-order valence-electron chi connectivity index (χ3n) is 3.41. The lowest BCUT2D eigenvalue weighted by Gasteiger charge is -2.23. The quantitative estimate of drug-likeness (QED) is 0.814. The van der Waals surface area contributed by atoms with Crippen molar-refractivity contribution >= 4 is 0 Å². The number of hydrogen-bond donors (Lipinski definition) is 1. The molecule has 17 heavy (non-hydrogen) atoms. The van der Waals surface area contributed by atoms with Gasteiger partial charge in [-0.05, 0) is 32.3 Å². The maximum absolute atomic E-state index is 6.19. The normalized spacial score (nSPS) is 19.1. The molecule has 88 valence electrons. The Hall–Kier alpha value is -1.61. The minimum absolute atomic E-state index is 0.0803. The minimum atomic E-state index is 0.0803. The molecule has 0 saturated carbocycles. The Bertz CT molecular complexity index is 542. The van der Waals surface area contributed by atoms with Gasteiger partial charge in [-0.15, -0.1) is 0 Å². The van der Waals surface area contributed by atoms with Crippen molar-refractivity contribution in [2.75, 3.05) is 0 Å². The predicted octanol–water partition coefficient (Wildman–Crippen LogP) is 2.65. The second kappa shape index (κ2) is 4.00. The van der Waals surface area contributed by atoms with Gasteiger partial charge in [0.15, 0.2) is 0 Å². The maximum atomic E-state index is 6.19. The number of nitrogens with zero attached hydrogens (tertiary/aromatic N) is 2. The molecule has 3 nitrogen and oxygen atoms in total. The van der Waals surface area contributed by atoms with Crippen molar-refractivity contribution in [1.29, 1.82) is 0 Å². The monoisotopic (exact) mass is 227 g/mol. The van der Waals surface area contributed by atoms with Gasteiger partial charge in [0.1, 0.15) is 5.82 Å². The number of aryl methyl sites for hydroxylation is 2. The molecule has 3 rings (SSSR count). The first kappa shape index (κ1) is 10.5. The number of rotatable bonds is 1. The number of nitrogens with two attached hydrogens (primary N) is 1. The van der Waals surface area contributed by atoms with Crippen LogP contribution in [0.15, 0.2) is 30.5 Å². The molecule has 2 N–H and O–H groups in total. The number of aromatic nitrogens is 2. The molecule has 0 amide bonds. The molecule has 0 aliphatic carbocycles. The van der Waals surface area contributed by atoms with Crippen LogP contribution in [0.1, 0.15) is 30.3 Å². The van der Waals surface area contributed by atoms with Gasteiger partial charge in [-0.1, -0.05) is 23.8 Å². The molecule has 1 aliphatic heterocycles. The van der Waals surface area contributed by atoms with Gasteiger partial charge in [-0.2, -0.15) is 0 Å². The first-order valence-corrected chi connectivity index (χ1v) is 6.14. The van der Waals surface area contributed by atoms with Gasteiger partial charge >= 0.3 is 0 Å². The van der Waals surface area contributed by atoms with Crippen molar-refractivity contribution in [2.24, 2.45) is 5.73 Å². The van der Waals surface area contributed by atoms with Gasteiger partial charge in [0.05, 0.1) is 6.17 Å². The lowest BCUT2D eigenvalue weighted by Crippen LogP contribution is -2.25. The van der Waals surface area contributed by atoms with Crippen molar-refractivity contribution in [1.82, 2.24) is 9.55 Å². The Morgan fingerprint density at radius 2 is 2.29 bits per heavy atom. The van der Waals surface area contributed by atoms with Gasteiger partial charge in [0.2, 0.25) is 0 Å². The van der Waals surface area contributed by atoms with Crippen LogP contribution in [0.2, 0.25) is 0 Å². The average Bonchev–Trinajstić information content (AvgIpc) is 2.74. The van der Waals surface area contributed by atoms with E-state index in [1.165, 1.54) is 17.7 Å². The lowest BCUT2D eigenvalue weighted by atomic mass is 10.1. The summed E-state index contributed by atoms with van der Waals surface area (Å²) in [6, 6.07) is 8.44. The van der Waals surface area contributed by atoms with E-state index in [4.69, 9.17) is 5.73 Å². The molecule has 3 heteroatoms. The van der Waals surface area contributed by atoms with Gasteiger partial charge < -0.3 is 10.3 Å². The van der Waals surface area contributed by atoms with Crippen molar-refractivity contribution in [3.8, 4) is 11.4 Å². The van der Waals surface area contributed by atoms with E-state index in [9.17, 15) is 0 Å². The molecule has 0 fully saturated rings. The van der Waals surface area contributed by atoms with Crippen molar-refractivity contribution < 1.29 is 0 Å². The molecule has 0 radical (unpaired) electrons. The topological polar surface area (TPSA) is 43.8 Å². The average molecular weight is 227 g/mol. The Labute approximate surface area is 101 Å². The molecule has 1 atom stereocenters. The van der Waals surface area contributed by atoms with Crippen LogP contribution < -0.4 is 5.73 Å². The number of fused-ring (bicyclic) bond motifs is 1. The molecular weight excluding hydrogens is 210 g/mol. The van der Waals surface area contributed by atoms with Crippen LogP contribution in [-0.4, -0.2) is 9.55 Å². The van der Waals surface area contributed by atoms with E-state index in [0.717, 1.165) is 24.2 Å². The summed E-state index contributed by atoms with van der Waals surface area (Å²) in [5.74, 6) is 1.01. The third kappa shape index (κ3) is 1.76. The summed E-state index contributed by atoms with van der Waals surface area (Å²) in [7, 11) is 0. The van der Waals surface area contributed by atoms with Gasteiger partial charge in [0.25, 0.3) is 0 Å². The SMILES string of the molecule is Cc1cccc(-c2ncc3n2C(N)CCC3)c1. The van der Waals surface area contributed by atoms with E-state index in [0.29, 0.717) is 0 Å². The van der Waals surface area contributed by atoms with E-state index in [1.54, 1.807) is 0 Å². The molecular formula is C14H17N3. The Balaban J connectivity index is 2.13. The maximum Gasteiger partial charge on any atom is 0.141 e. The number of imidazole rings is 1. The highest BCUT2D eigenvalue weighted by molar-refractivity contribution is 5.57. The highest BCUT2D eigenvalue weighted by atomic mass is 15.2. The Morgan fingerprint density at radius 1 is 1.41 bits per heavy atom. The summed E-state index contributed by atoms with van der Waals surface area (Å²) in [6.07, 6.45) is 5.35. The molecule has 0 saturated heterocycles. The fraction of sp³-hybridized carbons (Fsp3) is 0.357. The fourth-order valence-electron chi connectivity index (χ4n) is 2.57. The summed E-state index contributed by atoms with van der Waals surface area (Å²) >= 11 is 0. The van der Waals surface area contributed by atoms with E-state index in [2.05, 4.69) is 40.7 Å². The standard InChI is InChI=1S/C14H17N3/c1-10-4-2-5-11(8-10)14-16-9-12-6-3-7-13(15)17(12)14/h2,4-5,8-9,13H,3,6-7,15H2,1H3. The predicted molar refractivity (Wildman–Crippen MR) is 68.6 cm³/mol. The van der Waals surface area contributed by atoms with Crippen LogP contribution >= 0.6 is 0 Å². The second-order valence-corrected chi connectivity index (χ2v) is 4.77. The molecule has 1 aromatic carbocycles. The van der Waals surface area contributed by atoms with Gasteiger partial charge in [-0.25, -0.2) is 4.98 Å². The third-order valence-corrected chi connectivity index (χ3v) is 3.41. The van der Waals surface area contributed by atoms with E-state index >= 15 is 0 Å². The molecule has 0 bridgehead atoms. The summed E-state index contributed by atoms with van der Waals surface area (Å²) in [4.78, 5) is 4.54. The number of benzene rings is 1. The summed E-state index contributed by atoms with van der Waals surface area (Å²) in [5.41, 5.74) is 9.87. The molecule has 1 aliphatic rings. The zero-order valence-electron chi connectivity index (χ0n) is 10.1. The Kier molecular flexibility index (Phi) is 2.48. The van der Waals surface area contributed by atoms with Gasteiger partial charge in [0, 0.05) is 17.5 Å². The molecule has 2 heterocycles. The van der Waals surface area contributed by atoms with Crippen molar-refractivity contribution in [2.45, 2.75) is 32.4 Å². The highest BCUT2D eigenvalue weighted by Crippen LogP contribution is 2.28. The lowest BCUT2D eigenvalue weighted by molar-refractivity contribution is 0.418. The van der Waals surface area contributed by atoms with Crippen LogP contribution in [0.4, 0.5) is 0 Å². The highest BCUT2D eigenvalue weighted by Gasteiger charge is 2.20. The first-order valence-electron chi connectivity index (χ1n) is 6.14. The first-order chi connectivity index (χ1) is 8.25. The fourth-order valence-corrected chi connectivity index (χ4v) is 2.57. The molecule has 2 aromatic rings.